The maximum absolute atomic E-state index is 10.5. The van der Waals surface area contributed by atoms with E-state index in [0.29, 0.717) is 6.04 Å². The molecular weight excluding hydrogens is 226 g/mol. The molecule has 108 valence electrons. The molecule has 1 N–H and O–H groups in total. The van der Waals surface area contributed by atoms with Gasteiger partial charge in [0.15, 0.2) is 0 Å². The summed E-state index contributed by atoms with van der Waals surface area (Å²) < 4.78 is 6.04. The lowest BCUT2D eigenvalue weighted by molar-refractivity contribution is -0.0915. The van der Waals surface area contributed by atoms with Crippen molar-refractivity contribution < 1.29 is 9.84 Å². The summed E-state index contributed by atoms with van der Waals surface area (Å²) in [5, 5.41) is 10.5. The highest BCUT2D eigenvalue weighted by atomic mass is 16.5. The van der Waals surface area contributed by atoms with E-state index in [9.17, 15) is 5.11 Å². The molecule has 3 heteroatoms. The molecule has 1 heterocycles. The van der Waals surface area contributed by atoms with Crippen LogP contribution in [0.4, 0.5) is 0 Å². The van der Waals surface area contributed by atoms with E-state index in [1.165, 1.54) is 0 Å². The zero-order chi connectivity index (χ0) is 14.1. The summed E-state index contributed by atoms with van der Waals surface area (Å²) in [5.74, 6) is 0.168. The van der Waals surface area contributed by atoms with Crippen molar-refractivity contribution in [3.8, 4) is 0 Å². The van der Waals surface area contributed by atoms with E-state index in [1.54, 1.807) is 0 Å². The Kier molecular flexibility index (Phi) is 4.85. The van der Waals surface area contributed by atoms with Gasteiger partial charge in [0, 0.05) is 18.5 Å². The lowest BCUT2D eigenvalue weighted by atomic mass is 9.84. The van der Waals surface area contributed by atoms with Gasteiger partial charge in [-0.1, -0.05) is 6.92 Å². The summed E-state index contributed by atoms with van der Waals surface area (Å²) in [6.07, 6.45) is 0.747. The molecule has 1 aliphatic rings. The van der Waals surface area contributed by atoms with Gasteiger partial charge in [-0.15, -0.1) is 0 Å². The Labute approximate surface area is 113 Å². The lowest BCUT2D eigenvalue weighted by Gasteiger charge is -2.34. The smallest absolute Gasteiger partial charge is 0.0896 e. The van der Waals surface area contributed by atoms with Crippen LogP contribution in [0, 0.1) is 5.92 Å². The predicted molar refractivity (Wildman–Crippen MR) is 75.7 cm³/mol. The number of ether oxygens (including phenoxy) is 1. The van der Waals surface area contributed by atoms with Crippen LogP contribution in [0.2, 0.25) is 0 Å². The fraction of sp³-hybridized carbons (Fsp3) is 1.00. The Hall–Kier alpha value is -0.120. The van der Waals surface area contributed by atoms with Gasteiger partial charge in [0.2, 0.25) is 0 Å². The standard InChI is InChI=1S/C15H31NO2/c1-8-9-16(11(2)3)10-12-13(17)15(6,7)18-14(12,4)5/h11-13,17H,8-10H2,1-7H3. The van der Waals surface area contributed by atoms with Gasteiger partial charge in [-0.05, 0) is 54.5 Å². The normalized spacial score (nSPS) is 30.3. The van der Waals surface area contributed by atoms with E-state index >= 15 is 0 Å². The lowest BCUT2D eigenvalue weighted by Crippen LogP contribution is -2.45. The van der Waals surface area contributed by atoms with Gasteiger partial charge >= 0.3 is 0 Å². The van der Waals surface area contributed by atoms with E-state index in [4.69, 9.17) is 4.74 Å². The average Bonchev–Trinajstić information content (AvgIpc) is 2.34. The number of nitrogens with zero attached hydrogens (tertiary/aromatic N) is 1. The van der Waals surface area contributed by atoms with Crippen LogP contribution in [-0.4, -0.2) is 46.4 Å². The molecule has 2 atom stereocenters. The minimum Gasteiger partial charge on any atom is -0.390 e. The number of hydrogen-bond acceptors (Lipinski definition) is 3. The van der Waals surface area contributed by atoms with Crippen molar-refractivity contribution in [2.24, 2.45) is 5.92 Å². The first-order valence-electron chi connectivity index (χ1n) is 7.24. The summed E-state index contributed by atoms with van der Waals surface area (Å²) in [4.78, 5) is 2.44. The highest BCUT2D eigenvalue weighted by molar-refractivity contribution is 5.02. The second kappa shape index (κ2) is 5.48. The molecule has 0 aromatic carbocycles. The fourth-order valence-corrected chi connectivity index (χ4v) is 3.10. The van der Waals surface area contributed by atoms with Gasteiger partial charge in [0.05, 0.1) is 17.3 Å². The third kappa shape index (κ3) is 3.25. The summed E-state index contributed by atoms with van der Waals surface area (Å²) in [7, 11) is 0. The molecule has 0 aromatic rings. The first-order valence-corrected chi connectivity index (χ1v) is 7.24. The van der Waals surface area contributed by atoms with Crippen molar-refractivity contribution in [2.75, 3.05) is 13.1 Å². The Balaban J connectivity index is 2.81. The van der Waals surface area contributed by atoms with E-state index in [1.807, 2.05) is 13.8 Å². The minimum atomic E-state index is -0.441. The summed E-state index contributed by atoms with van der Waals surface area (Å²) in [6, 6.07) is 0.511. The molecule has 18 heavy (non-hydrogen) atoms. The minimum absolute atomic E-state index is 0.168. The molecule has 0 aliphatic carbocycles. The van der Waals surface area contributed by atoms with Gasteiger partial charge in [-0.25, -0.2) is 0 Å². The SMILES string of the molecule is CCCN(CC1C(O)C(C)(C)OC1(C)C)C(C)C. The Morgan fingerprint density at radius 3 is 2.06 bits per heavy atom. The van der Waals surface area contributed by atoms with E-state index in [0.717, 1.165) is 19.5 Å². The predicted octanol–water partition coefficient (Wildman–Crippen LogP) is 2.67. The number of aliphatic hydroxyl groups is 1. The van der Waals surface area contributed by atoms with Crippen LogP contribution < -0.4 is 0 Å². The summed E-state index contributed by atoms with van der Waals surface area (Å²) in [6.45, 7) is 16.8. The van der Waals surface area contributed by atoms with Crippen molar-refractivity contribution in [3.05, 3.63) is 0 Å². The maximum Gasteiger partial charge on any atom is 0.0896 e. The largest absolute Gasteiger partial charge is 0.390 e. The zero-order valence-corrected chi connectivity index (χ0v) is 13.2. The van der Waals surface area contributed by atoms with Crippen LogP contribution in [0.25, 0.3) is 0 Å². The second-order valence-corrected chi connectivity index (χ2v) is 6.95. The number of rotatable bonds is 5. The molecule has 3 nitrogen and oxygen atoms in total. The van der Waals surface area contributed by atoms with Gasteiger partial charge in [0.25, 0.3) is 0 Å². The van der Waals surface area contributed by atoms with Crippen molar-refractivity contribution >= 4 is 0 Å². The van der Waals surface area contributed by atoms with E-state index in [2.05, 4.69) is 39.5 Å². The third-order valence-corrected chi connectivity index (χ3v) is 4.18. The Bertz CT molecular complexity index is 274. The van der Waals surface area contributed by atoms with E-state index < -0.39 is 11.7 Å². The summed E-state index contributed by atoms with van der Waals surface area (Å²) in [5.41, 5.74) is -0.702. The first kappa shape index (κ1) is 15.9. The second-order valence-electron chi connectivity index (χ2n) is 6.95. The molecule has 1 rings (SSSR count). The summed E-state index contributed by atoms with van der Waals surface area (Å²) >= 11 is 0. The van der Waals surface area contributed by atoms with Crippen molar-refractivity contribution in [2.45, 2.75) is 78.2 Å². The van der Waals surface area contributed by atoms with Crippen LogP contribution in [0.3, 0.4) is 0 Å². The molecule has 1 aliphatic heterocycles. The van der Waals surface area contributed by atoms with Gasteiger partial charge in [0.1, 0.15) is 0 Å². The number of aliphatic hydroxyl groups excluding tert-OH is 1. The van der Waals surface area contributed by atoms with E-state index in [-0.39, 0.29) is 11.5 Å². The molecule has 0 spiro atoms. The maximum atomic E-state index is 10.5. The third-order valence-electron chi connectivity index (χ3n) is 4.18. The fourth-order valence-electron chi connectivity index (χ4n) is 3.10. The van der Waals surface area contributed by atoms with Crippen molar-refractivity contribution in [1.29, 1.82) is 0 Å². The molecule has 1 fully saturated rings. The molecule has 0 saturated carbocycles. The van der Waals surface area contributed by atoms with Gasteiger partial charge in [-0.3, -0.25) is 0 Å². The van der Waals surface area contributed by atoms with Crippen LogP contribution in [0.5, 0.6) is 0 Å². The van der Waals surface area contributed by atoms with Crippen LogP contribution in [-0.2, 0) is 4.74 Å². The van der Waals surface area contributed by atoms with Crippen molar-refractivity contribution in [1.82, 2.24) is 4.90 Å². The molecular formula is C15H31NO2. The molecule has 0 amide bonds. The van der Waals surface area contributed by atoms with Crippen LogP contribution >= 0.6 is 0 Å². The quantitative estimate of drug-likeness (QED) is 0.822. The molecule has 0 radical (unpaired) electrons. The Morgan fingerprint density at radius 1 is 1.17 bits per heavy atom. The van der Waals surface area contributed by atoms with Crippen molar-refractivity contribution in [3.63, 3.8) is 0 Å². The Morgan fingerprint density at radius 2 is 1.72 bits per heavy atom. The van der Waals surface area contributed by atoms with Crippen LogP contribution in [0.15, 0.2) is 0 Å². The molecule has 0 aromatic heterocycles. The van der Waals surface area contributed by atoms with Crippen LogP contribution in [0.1, 0.15) is 54.9 Å². The molecule has 0 bridgehead atoms. The zero-order valence-electron chi connectivity index (χ0n) is 13.2. The highest BCUT2D eigenvalue weighted by Gasteiger charge is 2.53. The highest BCUT2D eigenvalue weighted by Crippen LogP contribution is 2.42. The molecule has 2 unspecified atom stereocenters. The monoisotopic (exact) mass is 257 g/mol. The molecule has 1 saturated heterocycles. The number of hydrogen-bond donors (Lipinski definition) is 1. The average molecular weight is 257 g/mol. The topological polar surface area (TPSA) is 32.7 Å². The first-order chi connectivity index (χ1) is 8.12. The van der Waals surface area contributed by atoms with Gasteiger partial charge in [-0.2, -0.15) is 0 Å². The van der Waals surface area contributed by atoms with Gasteiger partial charge < -0.3 is 14.7 Å².